The number of para-hydroxylation sites is 1. The van der Waals surface area contributed by atoms with Crippen LogP contribution in [-0.4, -0.2) is 11.8 Å². The molecule has 1 aromatic heterocycles. The van der Waals surface area contributed by atoms with Crippen LogP contribution in [0, 0.1) is 0 Å². The van der Waals surface area contributed by atoms with E-state index in [1.165, 1.54) is 11.3 Å². The Morgan fingerprint density at radius 1 is 0.833 bits per heavy atom. The molecule has 1 atom stereocenters. The van der Waals surface area contributed by atoms with Gasteiger partial charge in [0.2, 0.25) is 0 Å². The van der Waals surface area contributed by atoms with Crippen molar-refractivity contribution in [3.8, 4) is 0 Å². The summed E-state index contributed by atoms with van der Waals surface area (Å²) in [5, 5.41) is 7.49. The Hall–Kier alpha value is -2.92. The van der Waals surface area contributed by atoms with Crippen LogP contribution in [0.25, 0.3) is 0 Å². The van der Waals surface area contributed by atoms with Crippen molar-refractivity contribution in [2.45, 2.75) is 6.04 Å². The number of hydrogen-bond acceptors (Lipinski definition) is 3. The smallest absolute Gasteiger partial charge is 0.262 e. The summed E-state index contributed by atoms with van der Waals surface area (Å²) in [6.07, 6.45) is 0. The highest BCUT2D eigenvalue weighted by molar-refractivity contribution is 7.12. The first-order valence-electron chi connectivity index (χ1n) is 7.49. The molecular formula is C19H16N2O2S. The summed E-state index contributed by atoms with van der Waals surface area (Å²) in [6.45, 7) is 0. The number of carbonyl (C=O) groups is 2. The lowest BCUT2D eigenvalue weighted by atomic mass is 10.1. The van der Waals surface area contributed by atoms with Crippen LogP contribution in [0.1, 0.15) is 21.3 Å². The average Bonchev–Trinajstić information content (AvgIpc) is 3.16. The summed E-state index contributed by atoms with van der Waals surface area (Å²) in [6, 6.07) is 21.2. The van der Waals surface area contributed by atoms with E-state index in [4.69, 9.17) is 0 Å². The molecule has 2 aromatic carbocycles. The van der Waals surface area contributed by atoms with Crippen LogP contribution in [-0.2, 0) is 4.79 Å². The summed E-state index contributed by atoms with van der Waals surface area (Å²) in [5.74, 6) is -0.542. The second-order valence-electron chi connectivity index (χ2n) is 5.15. The summed E-state index contributed by atoms with van der Waals surface area (Å²) < 4.78 is 0. The largest absolute Gasteiger partial charge is 0.336 e. The molecule has 0 saturated carbocycles. The van der Waals surface area contributed by atoms with E-state index >= 15 is 0 Å². The number of hydrogen-bond donors (Lipinski definition) is 2. The van der Waals surface area contributed by atoms with Crippen molar-refractivity contribution in [3.63, 3.8) is 0 Å². The summed E-state index contributed by atoms with van der Waals surface area (Å²) in [7, 11) is 0. The van der Waals surface area contributed by atoms with Crippen molar-refractivity contribution in [3.05, 3.63) is 88.6 Å². The molecule has 0 spiro atoms. The zero-order valence-electron chi connectivity index (χ0n) is 12.8. The number of benzene rings is 2. The Morgan fingerprint density at radius 3 is 2.12 bits per heavy atom. The number of anilines is 1. The minimum atomic E-state index is -0.763. The van der Waals surface area contributed by atoms with Gasteiger partial charge in [0.15, 0.2) is 0 Å². The maximum absolute atomic E-state index is 12.7. The number of amides is 2. The fraction of sp³-hybridized carbons (Fsp3) is 0.0526. The van der Waals surface area contributed by atoms with Gasteiger partial charge in [-0.1, -0.05) is 54.6 Å². The maximum Gasteiger partial charge on any atom is 0.262 e. The zero-order chi connectivity index (χ0) is 16.8. The van der Waals surface area contributed by atoms with Gasteiger partial charge in [0.25, 0.3) is 11.8 Å². The standard InChI is InChI=1S/C19H16N2O2S/c22-18(16-12-7-13-24-16)21-17(14-8-3-1-4-9-14)19(23)20-15-10-5-2-6-11-15/h1-13,17H,(H,20,23)(H,21,22). The molecule has 0 bridgehead atoms. The van der Waals surface area contributed by atoms with E-state index in [1.54, 1.807) is 24.3 Å². The Labute approximate surface area is 144 Å². The van der Waals surface area contributed by atoms with Gasteiger partial charge in [-0.05, 0) is 29.1 Å². The van der Waals surface area contributed by atoms with Crippen molar-refractivity contribution in [2.75, 3.05) is 5.32 Å². The van der Waals surface area contributed by atoms with Crippen LogP contribution in [0.3, 0.4) is 0 Å². The quantitative estimate of drug-likeness (QED) is 0.743. The average molecular weight is 336 g/mol. The van der Waals surface area contributed by atoms with E-state index in [0.29, 0.717) is 10.6 Å². The van der Waals surface area contributed by atoms with Gasteiger partial charge in [0.05, 0.1) is 4.88 Å². The normalized spacial score (nSPS) is 11.5. The molecule has 0 aliphatic carbocycles. The molecule has 0 aliphatic heterocycles. The maximum atomic E-state index is 12.7. The third-order valence-corrected chi connectivity index (χ3v) is 4.33. The zero-order valence-corrected chi connectivity index (χ0v) is 13.6. The molecule has 2 amide bonds. The lowest BCUT2D eigenvalue weighted by Crippen LogP contribution is -2.36. The molecule has 1 unspecified atom stereocenters. The molecule has 0 saturated heterocycles. The summed E-state index contributed by atoms with van der Waals surface area (Å²) >= 11 is 1.34. The Balaban J connectivity index is 1.82. The highest BCUT2D eigenvalue weighted by Crippen LogP contribution is 2.18. The minimum Gasteiger partial charge on any atom is -0.336 e. The first-order chi connectivity index (χ1) is 11.7. The van der Waals surface area contributed by atoms with Crippen molar-refractivity contribution in [1.29, 1.82) is 0 Å². The van der Waals surface area contributed by atoms with E-state index in [-0.39, 0.29) is 11.8 Å². The highest BCUT2D eigenvalue weighted by Gasteiger charge is 2.23. The molecule has 120 valence electrons. The molecule has 5 heteroatoms. The number of rotatable bonds is 5. The second-order valence-corrected chi connectivity index (χ2v) is 6.10. The van der Waals surface area contributed by atoms with Crippen LogP contribution in [0.5, 0.6) is 0 Å². The Kier molecular flexibility index (Phi) is 5.03. The fourth-order valence-electron chi connectivity index (χ4n) is 2.29. The van der Waals surface area contributed by atoms with Gasteiger partial charge in [-0.25, -0.2) is 0 Å². The van der Waals surface area contributed by atoms with E-state index < -0.39 is 6.04 Å². The van der Waals surface area contributed by atoms with Gasteiger partial charge in [0.1, 0.15) is 6.04 Å². The lowest BCUT2D eigenvalue weighted by Gasteiger charge is -2.18. The Morgan fingerprint density at radius 2 is 1.50 bits per heavy atom. The van der Waals surface area contributed by atoms with Gasteiger partial charge in [-0.2, -0.15) is 0 Å². The first kappa shape index (κ1) is 16.0. The van der Waals surface area contributed by atoms with Crippen molar-refractivity contribution in [2.24, 2.45) is 0 Å². The topological polar surface area (TPSA) is 58.2 Å². The van der Waals surface area contributed by atoms with E-state index in [1.807, 2.05) is 53.9 Å². The summed E-state index contributed by atoms with van der Waals surface area (Å²) in [4.78, 5) is 25.6. The molecule has 0 fully saturated rings. The van der Waals surface area contributed by atoms with Gasteiger partial charge in [-0.15, -0.1) is 11.3 Å². The minimum absolute atomic E-state index is 0.262. The van der Waals surface area contributed by atoms with Crippen LogP contribution in [0.4, 0.5) is 5.69 Å². The van der Waals surface area contributed by atoms with E-state index in [0.717, 1.165) is 5.56 Å². The fourth-order valence-corrected chi connectivity index (χ4v) is 2.92. The van der Waals surface area contributed by atoms with Crippen LogP contribution in [0.15, 0.2) is 78.2 Å². The van der Waals surface area contributed by atoms with E-state index in [2.05, 4.69) is 10.6 Å². The van der Waals surface area contributed by atoms with Crippen molar-refractivity contribution in [1.82, 2.24) is 5.32 Å². The predicted octanol–water partition coefficient (Wildman–Crippen LogP) is 3.86. The first-order valence-corrected chi connectivity index (χ1v) is 8.37. The monoisotopic (exact) mass is 336 g/mol. The second kappa shape index (κ2) is 7.57. The third kappa shape index (κ3) is 3.88. The third-order valence-electron chi connectivity index (χ3n) is 3.46. The highest BCUT2D eigenvalue weighted by atomic mass is 32.1. The van der Waals surface area contributed by atoms with Gasteiger partial charge < -0.3 is 10.6 Å². The molecule has 24 heavy (non-hydrogen) atoms. The van der Waals surface area contributed by atoms with Crippen LogP contribution >= 0.6 is 11.3 Å². The van der Waals surface area contributed by atoms with Crippen molar-refractivity contribution < 1.29 is 9.59 Å². The SMILES string of the molecule is O=C(NC(C(=O)Nc1ccccc1)c1ccccc1)c1cccs1. The Bertz CT molecular complexity index is 802. The number of nitrogens with one attached hydrogen (secondary N) is 2. The molecule has 1 heterocycles. The molecular weight excluding hydrogens is 320 g/mol. The lowest BCUT2D eigenvalue weighted by molar-refractivity contribution is -0.118. The van der Waals surface area contributed by atoms with Gasteiger partial charge in [0, 0.05) is 5.69 Å². The number of carbonyl (C=O) groups excluding carboxylic acids is 2. The van der Waals surface area contributed by atoms with Gasteiger partial charge in [-0.3, -0.25) is 9.59 Å². The molecule has 0 aliphatic rings. The molecule has 3 aromatic rings. The van der Waals surface area contributed by atoms with Gasteiger partial charge >= 0.3 is 0 Å². The molecule has 3 rings (SSSR count). The molecule has 0 radical (unpaired) electrons. The molecule has 2 N–H and O–H groups in total. The molecule has 4 nitrogen and oxygen atoms in total. The predicted molar refractivity (Wildman–Crippen MR) is 96.0 cm³/mol. The van der Waals surface area contributed by atoms with Crippen LogP contribution < -0.4 is 10.6 Å². The van der Waals surface area contributed by atoms with Crippen LogP contribution in [0.2, 0.25) is 0 Å². The summed E-state index contributed by atoms with van der Waals surface area (Å²) in [5.41, 5.74) is 1.42. The number of thiophene rings is 1. The van der Waals surface area contributed by atoms with E-state index in [9.17, 15) is 9.59 Å². The van der Waals surface area contributed by atoms with Crippen molar-refractivity contribution >= 4 is 28.8 Å².